The van der Waals surface area contributed by atoms with Crippen molar-refractivity contribution in [2.24, 2.45) is 0 Å². The van der Waals surface area contributed by atoms with Crippen LogP contribution >= 0.6 is 0 Å². The molecular weight excluding hydrogens is 252 g/mol. The molecule has 2 aromatic rings. The van der Waals surface area contributed by atoms with E-state index in [1.165, 1.54) is 24.3 Å². The van der Waals surface area contributed by atoms with Crippen molar-refractivity contribution in [1.29, 1.82) is 0 Å². The average Bonchev–Trinajstić information content (AvgIpc) is 2.38. The zero-order valence-corrected chi connectivity index (χ0v) is 10.2. The predicted molar refractivity (Wildman–Crippen MR) is 69.0 cm³/mol. The van der Waals surface area contributed by atoms with Crippen LogP contribution in [0.15, 0.2) is 53.7 Å². The van der Waals surface area contributed by atoms with Crippen molar-refractivity contribution >= 4 is 21.4 Å². The largest absolute Gasteiger partial charge is 0.399 e. The van der Waals surface area contributed by atoms with Crippen molar-refractivity contribution in [3.8, 4) is 0 Å². The number of nitrogens with two attached hydrogens (primary N) is 1. The van der Waals surface area contributed by atoms with Gasteiger partial charge in [-0.05, 0) is 36.4 Å². The number of nitrogens with zero attached hydrogens (tertiary/aromatic N) is 1. The minimum absolute atomic E-state index is 0.137. The van der Waals surface area contributed by atoms with E-state index in [0.717, 1.165) is 0 Å². The SMILES string of the molecule is Nc1ccc(S(=O)(=O)NNc2ccncc2)cc1. The van der Waals surface area contributed by atoms with E-state index in [2.05, 4.69) is 15.2 Å². The highest BCUT2D eigenvalue weighted by Crippen LogP contribution is 2.11. The molecular formula is C11H12N4O2S. The van der Waals surface area contributed by atoms with Gasteiger partial charge in [-0.3, -0.25) is 4.98 Å². The lowest BCUT2D eigenvalue weighted by Gasteiger charge is -2.09. The first-order chi connectivity index (χ1) is 8.58. The highest BCUT2D eigenvalue weighted by atomic mass is 32.2. The van der Waals surface area contributed by atoms with Crippen LogP contribution in [0.3, 0.4) is 0 Å². The molecule has 0 unspecified atom stereocenters. The molecule has 0 saturated carbocycles. The maximum atomic E-state index is 11.9. The molecule has 1 aromatic carbocycles. The van der Waals surface area contributed by atoms with Crippen LogP contribution < -0.4 is 16.0 Å². The molecule has 2 rings (SSSR count). The van der Waals surface area contributed by atoms with Crippen molar-refractivity contribution < 1.29 is 8.42 Å². The molecule has 6 nitrogen and oxygen atoms in total. The fourth-order valence-electron chi connectivity index (χ4n) is 1.27. The highest BCUT2D eigenvalue weighted by molar-refractivity contribution is 7.89. The van der Waals surface area contributed by atoms with Crippen LogP contribution in [0.2, 0.25) is 0 Å². The molecule has 0 fully saturated rings. The molecule has 0 aliphatic heterocycles. The van der Waals surface area contributed by atoms with Crippen molar-refractivity contribution in [3.63, 3.8) is 0 Å². The Morgan fingerprint density at radius 3 is 2.22 bits per heavy atom. The summed E-state index contributed by atoms with van der Waals surface area (Å²) in [5, 5.41) is 0. The van der Waals surface area contributed by atoms with Crippen LogP contribution in [0, 0.1) is 0 Å². The van der Waals surface area contributed by atoms with Gasteiger partial charge in [0.15, 0.2) is 0 Å². The second kappa shape index (κ2) is 5.03. The minimum Gasteiger partial charge on any atom is -0.399 e. The third-order valence-electron chi connectivity index (χ3n) is 2.20. The van der Waals surface area contributed by atoms with Gasteiger partial charge in [0, 0.05) is 18.1 Å². The first kappa shape index (κ1) is 12.3. The fourth-order valence-corrected chi connectivity index (χ4v) is 2.13. The molecule has 0 aliphatic carbocycles. The molecule has 0 spiro atoms. The summed E-state index contributed by atoms with van der Waals surface area (Å²) in [5.41, 5.74) is 9.20. The molecule has 0 bridgehead atoms. The molecule has 0 amide bonds. The predicted octanol–water partition coefficient (Wildman–Crippen LogP) is 0.969. The number of nitrogen functional groups attached to an aromatic ring is 1. The Bertz CT molecular complexity index is 611. The number of hydrogen-bond donors (Lipinski definition) is 3. The molecule has 18 heavy (non-hydrogen) atoms. The van der Waals surface area contributed by atoms with Crippen molar-refractivity contribution in [3.05, 3.63) is 48.8 Å². The number of rotatable bonds is 4. The number of pyridine rings is 1. The number of benzene rings is 1. The van der Waals surface area contributed by atoms with Gasteiger partial charge in [0.2, 0.25) is 0 Å². The average molecular weight is 264 g/mol. The Morgan fingerprint density at radius 2 is 1.61 bits per heavy atom. The monoisotopic (exact) mass is 264 g/mol. The molecule has 94 valence electrons. The second-order valence-corrected chi connectivity index (χ2v) is 5.22. The second-order valence-electron chi connectivity index (χ2n) is 3.54. The molecule has 0 radical (unpaired) electrons. The summed E-state index contributed by atoms with van der Waals surface area (Å²) in [7, 11) is -3.61. The summed E-state index contributed by atoms with van der Waals surface area (Å²) in [6.07, 6.45) is 3.11. The lowest BCUT2D eigenvalue weighted by molar-refractivity contribution is 0.588. The zero-order chi connectivity index (χ0) is 13.0. The fraction of sp³-hybridized carbons (Fsp3) is 0. The van der Waals surface area contributed by atoms with Crippen LogP contribution in [0.4, 0.5) is 11.4 Å². The van der Waals surface area contributed by atoms with Gasteiger partial charge in [-0.2, -0.15) is 0 Å². The lowest BCUT2D eigenvalue weighted by atomic mass is 10.3. The Balaban J connectivity index is 2.11. The smallest absolute Gasteiger partial charge is 0.257 e. The highest BCUT2D eigenvalue weighted by Gasteiger charge is 2.12. The van der Waals surface area contributed by atoms with E-state index in [4.69, 9.17) is 5.73 Å². The Labute approximate surface area is 105 Å². The van der Waals surface area contributed by atoms with Crippen LogP contribution in [0.25, 0.3) is 0 Å². The summed E-state index contributed by atoms with van der Waals surface area (Å²) >= 11 is 0. The van der Waals surface area contributed by atoms with E-state index in [9.17, 15) is 8.42 Å². The molecule has 1 aromatic heterocycles. The van der Waals surface area contributed by atoms with Crippen LogP contribution in [0.5, 0.6) is 0 Å². The first-order valence-corrected chi connectivity index (χ1v) is 6.60. The van der Waals surface area contributed by atoms with E-state index in [1.54, 1.807) is 24.5 Å². The molecule has 1 heterocycles. The van der Waals surface area contributed by atoms with E-state index in [1.807, 2.05) is 0 Å². The first-order valence-electron chi connectivity index (χ1n) is 5.11. The Hall–Kier alpha value is -2.12. The molecule has 7 heteroatoms. The van der Waals surface area contributed by atoms with Gasteiger partial charge >= 0.3 is 0 Å². The van der Waals surface area contributed by atoms with Gasteiger partial charge in [-0.15, -0.1) is 4.83 Å². The number of aromatic nitrogens is 1. The summed E-state index contributed by atoms with van der Waals surface area (Å²) in [5.74, 6) is 0. The third kappa shape index (κ3) is 2.96. The van der Waals surface area contributed by atoms with Gasteiger partial charge in [-0.25, -0.2) is 8.42 Å². The van der Waals surface area contributed by atoms with E-state index >= 15 is 0 Å². The van der Waals surface area contributed by atoms with Gasteiger partial charge in [0.05, 0.1) is 10.6 Å². The Kier molecular flexibility index (Phi) is 3.45. The number of hydrazine groups is 1. The summed E-state index contributed by atoms with van der Waals surface area (Å²) in [4.78, 5) is 6.23. The topological polar surface area (TPSA) is 97.1 Å². The van der Waals surface area contributed by atoms with Gasteiger partial charge in [-0.1, -0.05) is 0 Å². The van der Waals surface area contributed by atoms with Crippen LogP contribution in [-0.2, 0) is 10.0 Å². The van der Waals surface area contributed by atoms with Gasteiger partial charge in [0.25, 0.3) is 10.0 Å². The summed E-state index contributed by atoms with van der Waals surface area (Å²) in [6, 6.07) is 9.22. The standard InChI is InChI=1S/C11H12N4O2S/c12-9-1-3-11(4-2-9)18(16,17)15-14-10-5-7-13-8-6-10/h1-8,15H,12H2,(H,13,14). The van der Waals surface area contributed by atoms with E-state index < -0.39 is 10.0 Å². The van der Waals surface area contributed by atoms with Crippen LogP contribution in [-0.4, -0.2) is 13.4 Å². The maximum Gasteiger partial charge on any atom is 0.257 e. The van der Waals surface area contributed by atoms with Crippen molar-refractivity contribution in [2.75, 3.05) is 11.2 Å². The molecule has 0 aliphatic rings. The van der Waals surface area contributed by atoms with Crippen molar-refractivity contribution in [2.45, 2.75) is 4.90 Å². The third-order valence-corrected chi connectivity index (χ3v) is 3.46. The quantitative estimate of drug-likeness (QED) is 0.564. The normalized spacial score (nSPS) is 11.1. The zero-order valence-electron chi connectivity index (χ0n) is 9.37. The van der Waals surface area contributed by atoms with Gasteiger partial charge < -0.3 is 11.2 Å². The van der Waals surface area contributed by atoms with Gasteiger partial charge in [0.1, 0.15) is 0 Å². The van der Waals surface area contributed by atoms with Crippen molar-refractivity contribution in [1.82, 2.24) is 9.82 Å². The maximum absolute atomic E-state index is 11.9. The molecule has 0 saturated heterocycles. The molecule has 4 N–H and O–H groups in total. The molecule has 0 atom stereocenters. The van der Waals surface area contributed by atoms with E-state index in [-0.39, 0.29) is 4.90 Å². The number of hydrogen-bond acceptors (Lipinski definition) is 5. The number of sulfonamides is 1. The summed E-state index contributed by atoms with van der Waals surface area (Å²) in [6.45, 7) is 0. The van der Waals surface area contributed by atoms with E-state index in [0.29, 0.717) is 11.4 Å². The Morgan fingerprint density at radius 1 is 1.00 bits per heavy atom. The number of nitrogens with one attached hydrogen (secondary N) is 2. The number of anilines is 2. The minimum atomic E-state index is -3.61. The van der Waals surface area contributed by atoms with Crippen LogP contribution in [0.1, 0.15) is 0 Å². The summed E-state index contributed by atoms with van der Waals surface area (Å²) < 4.78 is 23.8. The lowest BCUT2D eigenvalue weighted by Crippen LogP contribution is -2.29.